The summed E-state index contributed by atoms with van der Waals surface area (Å²) >= 11 is 0. The molecule has 0 aromatic carbocycles. The molecule has 0 aromatic heterocycles. The van der Waals surface area contributed by atoms with Crippen LogP contribution < -0.4 is 5.73 Å². The maximum absolute atomic E-state index is 5.92. The Morgan fingerprint density at radius 3 is 2.20 bits per heavy atom. The molecule has 0 radical (unpaired) electrons. The molecule has 2 rings (SSSR count). The predicted molar refractivity (Wildman–Crippen MR) is 67.5 cm³/mol. The monoisotopic (exact) mass is 232 g/mol. The zero-order chi connectivity index (χ0) is 9.80. The smallest absolute Gasteiger partial charge is 0.0180 e. The first kappa shape index (κ1) is 13.3. The molecule has 0 spiro atoms. The van der Waals surface area contributed by atoms with E-state index < -0.39 is 0 Å². The molecule has 2 aliphatic rings. The van der Waals surface area contributed by atoms with Crippen LogP contribution in [0.2, 0.25) is 0 Å². The molecule has 2 nitrogen and oxygen atoms in total. The highest BCUT2D eigenvalue weighted by atomic mass is 35.5. The number of rotatable bonds is 2. The van der Waals surface area contributed by atoms with Gasteiger partial charge in [-0.05, 0) is 31.7 Å². The molecule has 1 heterocycles. The van der Waals surface area contributed by atoms with Gasteiger partial charge in [-0.2, -0.15) is 0 Å². The summed E-state index contributed by atoms with van der Waals surface area (Å²) in [6.07, 6.45) is 10.0. The third-order valence-corrected chi connectivity index (χ3v) is 3.80. The van der Waals surface area contributed by atoms with Gasteiger partial charge in [0.25, 0.3) is 0 Å². The van der Waals surface area contributed by atoms with Crippen LogP contribution in [0.4, 0.5) is 0 Å². The lowest BCUT2D eigenvalue weighted by molar-refractivity contribution is 0.259. The molecular weight excluding hydrogens is 208 g/mol. The topological polar surface area (TPSA) is 29.3 Å². The van der Waals surface area contributed by atoms with Gasteiger partial charge >= 0.3 is 0 Å². The third-order valence-electron chi connectivity index (χ3n) is 3.80. The van der Waals surface area contributed by atoms with Crippen LogP contribution in [-0.2, 0) is 0 Å². The molecule has 1 aliphatic heterocycles. The van der Waals surface area contributed by atoms with Crippen molar-refractivity contribution in [1.82, 2.24) is 4.90 Å². The quantitative estimate of drug-likeness (QED) is 0.741. The molecule has 2 N–H and O–H groups in total. The van der Waals surface area contributed by atoms with Gasteiger partial charge in [0.1, 0.15) is 0 Å². The lowest BCUT2D eigenvalue weighted by atomic mass is 10.00. The van der Waals surface area contributed by atoms with Crippen LogP contribution in [0.5, 0.6) is 0 Å². The van der Waals surface area contributed by atoms with E-state index in [0.717, 1.165) is 12.5 Å². The summed E-state index contributed by atoms with van der Waals surface area (Å²) < 4.78 is 0. The first-order valence-corrected chi connectivity index (χ1v) is 6.32. The molecular formula is C12H25ClN2. The Hall–Kier alpha value is 0.210. The van der Waals surface area contributed by atoms with Crippen LogP contribution in [-0.4, -0.2) is 30.6 Å². The van der Waals surface area contributed by atoms with Gasteiger partial charge in [0.2, 0.25) is 0 Å². The van der Waals surface area contributed by atoms with Crippen LogP contribution in [0.1, 0.15) is 44.9 Å². The molecule has 2 fully saturated rings. The van der Waals surface area contributed by atoms with E-state index >= 15 is 0 Å². The average Bonchev–Trinajstić information content (AvgIpc) is 2.43. The van der Waals surface area contributed by atoms with E-state index in [-0.39, 0.29) is 12.4 Å². The Labute approximate surface area is 100.0 Å². The van der Waals surface area contributed by atoms with Crippen LogP contribution in [0.15, 0.2) is 0 Å². The molecule has 15 heavy (non-hydrogen) atoms. The molecule has 1 saturated carbocycles. The highest BCUT2D eigenvalue weighted by molar-refractivity contribution is 5.85. The van der Waals surface area contributed by atoms with Crippen molar-refractivity contribution in [2.24, 2.45) is 11.7 Å². The third kappa shape index (κ3) is 4.29. The fourth-order valence-corrected chi connectivity index (χ4v) is 2.94. The van der Waals surface area contributed by atoms with E-state index in [9.17, 15) is 0 Å². The maximum Gasteiger partial charge on any atom is 0.0180 e. The van der Waals surface area contributed by atoms with Gasteiger partial charge in [0.05, 0.1) is 0 Å². The largest absolute Gasteiger partial charge is 0.326 e. The van der Waals surface area contributed by atoms with Crippen molar-refractivity contribution < 1.29 is 0 Å². The van der Waals surface area contributed by atoms with Gasteiger partial charge < -0.3 is 10.6 Å². The summed E-state index contributed by atoms with van der Waals surface area (Å²) in [5, 5.41) is 0. The van der Waals surface area contributed by atoms with Gasteiger partial charge in [0, 0.05) is 19.1 Å². The van der Waals surface area contributed by atoms with Crippen molar-refractivity contribution >= 4 is 12.4 Å². The predicted octanol–water partition coefficient (Wildman–Crippen LogP) is 2.41. The minimum absolute atomic E-state index is 0. The van der Waals surface area contributed by atoms with Crippen molar-refractivity contribution in [3.05, 3.63) is 0 Å². The van der Waals surface area contributed by atoms with Crippen LogP contribution >= 0.6 is 12.4 Å². The molecule has 0 unspecified atom stereocenters. The van der Waals surface area contributed by atoms with E-state index in [0.29, 0.717) is 6.04 Å². The van der Waals surface area contributed by atoms with E-state index in [1.165, 1.54) is 58.0 Å². The standard InChI is InChI=1S/C12H24N2.ClH/c13-12-7-8-14(10-12)9-11-5-3-1-2-4-6-11;/h11-12H,1-10,13H2;1H/t12-;/m1./s1. The van der Waals surface area contributed by atoms with Gasteiger partial charge in [-0.3, -0.25) is 0 Å². The van der Waals surface area contributed by atoms with Crippen molar-refractivity contribution in [2.75, 3.05) is 19.6 Å². The number of nitrogens with zero attached hydrogens (tertiary/aromatic N) is 1. The molecule has 1 atom stereocenters. The summed E-state index contributed by atoms with van der Waals surface area (Å²) in [7, 11) is 0. The van der Waals surface area contributed by atoms with Crippen molar-refractivity contribution in [1.29, 1.82) is 0 Å². The molecule has 3 heteroatoms. The van der Waals surface area contributed by atoms with Crippen molar-refractivity contribution in [3.8, 4) is 0 Å². The number of likely N-dealkylation sites (tertiary alicyclic amines) is 1. The van der Waals surface area contributed by atoms with Crippen LogP contribution in [0.3, 0.4) is 0 Å². The first-order chi connectivity index (χ1) is 6.84. The Morgan fingerprint density at radius 1 is 1.00 bits per heavy atom. The molecule has 0 bridgehead atoms. The minimum Gasteiger partial charge on any atom is -0.326 e. The minimum atomic E-state index is 0. The SMILES string of the molecule is Cl.N[C@@H]1CCN(CC2CCCCCC2)C1. The molecule has 0 aromatic rings. The van der Waals surface area contributed by atoms with E-state index in [1.807, 2.05) is 0 Å². The Balaban J connectivity index is 0.00000112. The van der Waals surface area contributed by atoms with E-state index in [2.05, 4.69) is 4.90 Å². The summed E-state index contributed by atoms with van der Waals surface area (Å²) in [4.78, 5) is 2.58. The molecule has 0 amide bonds. The number of nitrogens with two attached hydrogens (primary N) is 1. The lowest BCUT2D eigenvalue weighted by Crippen LogP contribution is -2.30. The Morgan fingerprint density at radius 2 is 1.67 bits per heavy atom. The molecule has 90 valence electrons. The maximum atomic E-state index is 5.92. The second kappa shape index (κ2) is 6.72. The van der Waals surface area contributed by atoms with Crippen LogP contribution in [0, 0.1) is 5.92 Å². The highest BCUT2D eigenvalue weighted by Crippen LogP contribution is 2.24. The molecule has 1 aliphatic carbocycles. The highest BCUT2D eigenvalue weighted by Gasteiger charge is 2.22. The van der Waals surface area contributed by atoms with Crippen molar-refractivity contribution in [2.45, 2.75) is 51.0 Å². The summed E-state index contributed by atoms with van der Waals surface area (Å²) in [5.41, 5.74) is 5.92. The number of hydrogen-bond acceptors (Lipinski definition) is 2. The molecule has 1 saturated heterocycles. The van der Waals surface area contributed by atoms with Gasteiger partial charge in [-0.1, -0.05) is 25.7 Å². The average molecular weight is 233 g/mol. The zero-order valence-electron chi connectivity index (χ0n) is 9.66. The van der Waals surface area contributed by atoms with Gasteiger partial charge in [-0.15, -0.1) is 12.4 Å². The van der Waals surface area contributed by atoms with Gasteiger partial charge in [0.15, 0.2) is 0 Å². The summed E-state index contributed by atoms with van der Waals surface area (Å²) in [6.45, 7) is 3.72. The fourth-order valence-electron chi connectivity index (χ4n) is 2.94. The fraction of sp³-hybridized carbons (Fsp3) is 1.00. The van der Waals surface area contributed by atoms with E-state index in [1.54, 1.807) is 0 Å². The lowest BCUT2D eigenvalue weighted by Gasteiger charge is -2.22. The Bertz CT molecular complexity index is 167. The zero-order valence-corrected chi connectivity index (χ0v) is 10.5. The first-order valence-electron chi connectivity index (χ1n) is 6.32. The summed E-state index contributed by atoms with van der Waals surface area (Å²) in [5.74, 6) is 0.975. The van der Waals surface area contributed by atoms with Gasteiger partial charge in [-0.25, -0.2) is 0 Å². The van der Waals surface area contributed by atoms with Crippen LogP contribution in [0.25, 0.3) is 0 Å². The number of hydrogen-bond donors (Lipinski definition) is 1. The number of halogens is 1. The Kier molecular flexibility index (Phi) is 5.95. The second-order valence-electron chi connectivity index (χ2n) is 5.17. The summed E-state index contributed by atoms with van der Waals surface area (Å²) in [6, 6.07) is 0.459. The van der Waals surface area contributed by atoms with Crippen molar-refractivity contribution in [3.63, 3.8) is 0 Å². The second-order valence-corrected chi connectivity index (χ2v) is 5.17. The normalized spacial score (nSPS) is 29.8. The van der Waals surface area contributed by atoms with E-state index in [4.69, 9.17) is 5.73 Å².